The molecule has 0 fully saturated rings. The van der Waals surface area contributed by atoms with Crippen molar-refractivity contribution in [2.75, 3.05) is 0 Å². The van der Waals surface area contributed by atoms with E-state index in [0.717, 1.165) is 0 Å². The van der Waals surface area contributed by atoms with E-state index in [1.165, 1.54) is 0 Å². The molecule has 2 heterocycles. The number of hydrogen-bond donors (Lipinski definition) is 1. The minimum absolute atomic E-state index is 0.0718. The van der Waals surface area contributed by atoms with Crippen molar-refractivity contribution in [2.45, 2.75) is 0 Å². The molecule has 0 unspecified atom stereocenters. The van der Waals surface area contributed by atoms with Gasteiger partial charge in [-0.05, 0) is 34.7 Å². The summed E-state index contributed by atoms with van der Waals surface area (Å²) in [5, 5.41) is 7.07. The average Bonchev–Trinajstić information content (AvgIpc) is 2.12. The topological polar surface area (TPSA) is 58.6 Å². The zero-order chi connectivity index (χ0) is 8.55. The third kappa shape index (κ3) is 1.09. The number of fused-ring (bicyclic) bond motifs is 1. The predicted molar refractivity (Wildman–Crippen MR) is 52.9 cm³/mol. The first-order valence-corrected chi connectivity index (χ1v) is 4.36. The molecule has 0 bridgehead atoms. The standard InChI is InChI=1S/C7H4IN3O/c8-6-5(12)4-2-1-3-9-7(4)11-10-6/h1-3H,(H,9,11,12). The van der Waals surface area contributed by atoms with Crippen molar-refractivity contribution in [3.8, 4) is 0 Å². The minimum atomic E-state index is -0.0718. The second kappa shape index (κ2) is 2.81. The summed E-state index contributed by atoms with van der Waals surface area (Å²) in [6.45, 7) is 0. The highest BCUT2D eigenvalue weighted by molar-refractivity contribution is 14.1. The fourth-order valence-corrected chi connectivity index (χ4v) is 1.35. The monoisotopic (exact) mass is 273 g/mol. The van der Waals surface area contributed by atoms with E-state index in [1.807, 2.05) is 22.6 Å². The van der Waals surface area contributed by atoms with Crippen LogP contribution in [0, 0.1) is 3.70 Å². The average molecular weight is 273 g/mol. The quantitative estimate of drug-likeness (QED) is 0.726. The third-order valence-corrected chi connectivity index (χ3v) is 2.23. The Morgan fingerprint density at radius 1 is 1.50 bits per heavy atom. The summed E-state index contributed by atoms with van der Waals surface area (Å²) in [5.41, 5.74) is 0.459. The van der Waals surface area contributed by atoms with Gasteiger partial charge in [-0.3, -0.25) is 9.89 Å². The largest absolute Gasteiger partial charge is 0.286 e. The number of hydrogen-bond acceptors (Lipinski definition) is 3. The van der Waals surface area contributed by atoms with Crippen LogP contribution in [0.25, 0.3) is 11.0 Å². The van der Waals surface area contributed by atoms with Crippen LogP contribution in [0.15, 0.2) is 23.1 Å². The zero-order valence-corrected chi connectivity index (χ0v) is 8.07. The zero-order valence-electron chi connectivity index (χ0n) is 5.91. The lowest BCUT2D eigenvalue weighted by Crippen LogP contribution is -2.10. The summed E-state index contributed by atoms with van der Waals surface area (Å²) in [6, 6.07) is 3.46. The summed E-state index contributed by atoms with van der Waals surface area (Å²) < 4.78 is 0.438. The number of halogens is 1. The van der Waals surface area contributed by atoms with E-state index >= 15 is 0 Å². The number of nitrogens with one attached hydrogen (secondary N) is 1. The van der Waals surface area contributed by atoms with Gasteiger partial charge >= 0.3 is 0 Å². The lowest BCUT2D eigenvalue weighted by molar-refractivity contribution is 1.01. The first-order valence-electron chi connectivity index (χ1n) is 3.28. The first-order chi connectivity index (χ1) is 5.79. The van der Waals surface area contributed by atoms with Gasteiger partial charge in [0, 0.05) is 6.20 Å². The lowest BCUT2D eigenvalue weighted by Gasteiger charge is -1.94. The number of pyridine rings is 1. The Kier molecular flexibility index (Phi) is 1.80. The Morgan fingerprint density at radius 3 is 3.17 bits per heavy atom. The van der Waals surface area contributed by atoms with Crippen LogP contribution in [-0.4, -0.2) is 15.2 Å². The van der Waals surface area contributed by atoms with Crippen molar-refractivity contribution < 1.29 is 0 Å². The third-order valence-electron chi connectivity index (χ3n) is 1.50. The van der Waals surface area contributed by atoms with Crippen LogP contribution in [-0.2, 0) is 0 Å². The SMILES string of the molecule is O=c1c(I)n[nH]c2ncccc12. The maximum atomic E-state index is 11.4. The Morgan fingerprint density at radius 2 is 2.33 bits per heavy atom. The lowest BCUT2D eigenvalue weighted by atomic mass is 10.3. The molecule has 0 aliphatic carbocycles. The Hall–Kier alpha value is -0.980. The fraction of sp³-hybridized carbons (Fsp3) is 0. The van der Waals surface area contributed by atoms with Gasteiger partial charge in [-0.25, -0.2) is 4.98 Å². The van der Waals surface area contributed by atoms with Crippen molar-refractivity contribution in [3.05, 3.63) is 32.3 Å². The summed E-state index contributed by atoms with van der Waals surface area (Å²) in [7, 11) is 0. The molecular weight excluding hydrogens is 269 g/mol. The molecule has 0 radical (unpaired) electrons. The van der Waals surface area contributed by atoms with Crippen molar-refractivity contribution >= 4 is 33.6 Å². The smallest absolute Gasteiger partial charge is 0.223 e. The van der Waals surface area contributed by atoms with E-state index in [4.69, 9.17) is 0 Å². The van der Waals surface area contributed by atoms with E-state index < -0.39 is 0 Å². The van der Waals surface area contributed by atoms with Gasteiger partial charge in [0.1, 0.15) is 0 Å². The number of aromatic nitrogens is 3. The summed E-state index contributed by atoms with van der Waals surface area (Å²) >= 11 is 1.89. The molecule has 5 heteroatoms. The maximum Gasteiger partial charge on any atom is 0.223 e. The van der Waals surface area contributed by atoms with Crippen molar-refractivity contribution in [1.82, 2.24) is 15.2 Å². The second-order valence-corrected chi connectivity index (χ2v) is 3.26. The Labute approximate surface area is 81.2 Å². The molecule has 0 spiro atoms. The van der Waals surface area contributed by atoms with Crippen LogP contribution >= 0.6 is 22.6 Å². The van der Waals surface area contributed by atoms with Crippen molar-refractivity contribution in [1.29, 1.82) is 0 Å². The van der Waals surface area contributed by atoms with Crippen molar-refractivity contribution in [3.63, 3.8) is 0 Å². The molecule has 2 aromatic heterocycles. The minimum Gasteiger partial charge on any atom is -0.286 e. The Balaban J connectivity index is 3.01. The Bertz CT molecular complexity index is 479. The highest BCUT2D eigenvalue weighted by atomic mass is 127. The molecule has 60 valence electrons. The molecule has 12 heavy (non-hydrogen) atoms. The highest BCUT2D eigenvalue weighted by Crippen LogP contribution is 2.02. The van der Waals surface area contributed by atoms with E-state index in [9.17, 15) is 4.79 Å². The molecule has 0 amide bonds. The maximum absolute atomic E-state index is 11.4. The van der Waals surface area contributed by atoms with Gasteiger partial charge in [-0.15, -0.1) is 0 Å². The molecular formula is C7H4IN3O. The summed E-state index contributed by atoms with van der Waals surface area (Å²) in [6.07, 6.45) is 1.62. The first kappa shape index (κ1) is 7.66. The normalized spacial score (nSPS) is 10.4. The summed E-state index contributed by atoms with van der Waals surface area (Å²) in [5.74, 6) is 0. The van der Waals surface area contributed by atoms with E-state index in [-0.39, 0.29) is 5.43 Å². The van der Waals surface area contributed by atoms with Gasteiger partial charge < -0.3 is 0 Å². The predicted octanol–water partition coefficient (Wildman–Crippen LogP) is 0.923. The second-order valence-electron chi connectivity index (χ2n) is 2.24. The van der Waals surface area contributed by atoms with Crippen LogP contribution in [0.2, 0.25) is 0 Å². The van der Waals surface area contributed by atoms with E-state index in [1.54, 1.807) is 18.3 Å². The molecule has 0 saturated carbocycles. The molecule has 2 rings (SSSR count). The van der Waals surface area contributed by atoms with Gasteiger partial charge in [-0.2, -0.15) is 5.10 Å². The van der Waals surface area contributed by atoms with Crippen LogP contribution in [0.5, 0.6) is 0 Å². The highest BCUT2D eigenvalue weighted by Gasteiger charge is 2.02. The van der Waals surface area contributed by atoms with E-state index in [0.29, 0.717) is 14.7 Å². The molecule has 0 aliphatic rings. The van der Waals surface area contributed by atoms with E-state index in [2.05, 4.69) is 15.2 Å². The van der Waals surface area contributed by atoms with Gasteiger partial charge in [0.05, 0.1) is 5.39 Å². The summed E-state index contributed by atoms with van der Waals surface area (Å²) in [4.78, 5) is 15.4. The fourth-order valence-electron chi connectivity index (χ4n) is 0.942. The van der Waals surface area contributed by atoms with Gasteiger partial charge in [0.25, 0.3) is 0 Å². The van der Waals surface area contributed by atoms with Gasteiger partial charge in [-0.1, -0.05) is 0 Å². The molecule has 0 aromatic carbocycles. The van der Waals surface area contributed by atoms with Gasteiger partial charge in [0.15, 0.2) is 9.35 Å². The molecule has 1 N–H and O–H groups in total. The van der Waals surface area contributed by atoms with Crippen LogP contribution in [0.3, 0.4) is 0 Å². The van der Waals surface area contributed by atoms with Gasteiger partial charge in [0.2, 0.25) is 5.43 Å². The van der Waals surface area contributed by atoms with Crippen molar-refractivity contribution in [2.24, 2.45) is 0 Å². The molecule has 4 nitrogen and oxygen atoms in total. The molecule has 0 aliphatic heterocycles. The number of nitrogens with zero attached hydrogens (tertiary/aromatic N) is 2. The number of aromatic amines is 1. The van der Waals surface area contributed by atoms with Crippen LogP contribution in [0.4, 0.5) is 0 Å². The molecule has 0 atom stereocenters. The molecule has 2 aromatic rings. The van der Waals surface area contributed by atoms with Crippen LogP contribution in [0.1, 0.15) is 0 Å². The molecule has 0 saturated heterocycles. The number of rotatable bonds is 0. The van der Waals surface area contributed by atoms with Crippen LogP contribution < -0.4 is 5.43 Å². The number of H-pyrrole nitrogens is 1.